The first-order valence-corrected chi connectivity index (χ1v) is 8.11. The second kappa shape index (κ2) is 7.76. The second-order valence-corrected chi connectivity index (χ2v) is 6.83. The minimum absolute atomic E-state index is 0.0595. The average Bonchev–Trinajstić information content (AvgIpc) is 2.53. The number of piperidine rings is 1. The quantitative estimate of drug-likeness (QED) is 0.758. The van der Waals surface area contributed by atoms with Gasteiger partial charge in [-0.25, -0.2) is 4.98 Å². The fourth-order valence-electron chi connectivity index (χ4n) is 2.81. The molecule has 0 spiro atoms. The van der Waals surface area contributed by atoms with Crippen molar-refractivity contribution in [3.63, 3.8) is 0 Å². The van der Waals surface area contributed by atoms with Crippen LogP contribution in [0.5, 0.6) is 0 Å². The molecule has 0 bridgehead atoms. The number of hydrogen-bond donors (Lipinski definition) is 2. The lowest BCUT2D eigenvalue weighted by Gasteiger charge is -2.33. The molecule has 2 rings (SSSR count). The van der Waals surface area contributed by atoms with E-state index in [0.29, 0.717) is 6.04 Å². The number of aliphatic hydroxyl groups excluding tert-OH is 1. The highest BCUT2D eigenvalue weighted by Gasteiger charge is 2.20. The zero-order valence-corrected chi connectivity index (χ0v) is 13.4. The number of aliphatic hydroxyl groups is 1. The summed E-state index contributed by atoms with van der Waals surface area (Å²) in [6.45, 7) is 7.73. The van der Waals surface area contributed by atoms with Gasteiger partial charge in [0.2, 0.25) is 0 Å². The highest BCUT2D eigenvalue weighted by atomic mass is 16.3. The number of rotatable bonds is 7. The minimum Gasteiger partial charge on any atom is -0.396 e. The van der Waals surface area contributed by atoms with Crippen LogP contribution in [-0.2, 0) is 0 Å². The highest BCUT2D eigenvalue weighted by Crippen LogP contribution is 2.21. The lowest BCUT2D eigenvalue weighted by atomic mass is 9.89. The van der Waals surface area contributed by atoms with Gasteiger partial charge >= 0.3 is 0 Å². The number of aromatic nitrogens is 1. The van der Waals surface area contributed by atoms with Gasteiger partial charge in [0.25, 0.3) is 0 Å². The molecule has 0 saturated carbocycles. The molecule has 1 aromatic rings. The molecule has 2 N–H and O–H groups in total. The van der Waals surface area contributed by atoms with E-state index in [1.807, 2.05) is 12.3 Å². The number of hydrogen-bond acceptors (Lipinski definition) is 4. The highest BCUT2D eigenvalue weighted by molar-refractivity contribution is 5.38. The van der Waals surface area contributed by atoms with Crippen molar-refractivity contribution in [1.82, 2.24) is 10.3 Å². The summed E-state index contributed by atoms with van der Waals surface area (Å²) in [7, 11) is 0. The van der Waals surface area contributed by atoms with Gasteiger partial charge in [0.15, 0.2) is 0 Å². The summed E-state index contributed by atoms with van der Waals surface area (Å²) in [5.74, 6) is 1.10. The molecule has 0 aromatic carbocycles. The van der Waals surface area contributed by atoms with E-state index >= 15 is 0 Å². The van der Waals surface area contributed by atoms with Crippen LogP contribution in [0.15, 0.2) is 24.4 Å². The standard InChI is InChI=1S/C17H29N3O/c1-17(2,14-21)9-5-11-18-15-7-12-20(13-8-15)16-6-3-4-10-19-16/h3-4,6,10,15,18,21H,5,7-9,11-14H2,1-2H3. The normalized spacial score (nSPS) is 17.2. The van der Waals surface area contributed by atoms with Crippen LogP contribution in [-0.4, -0.2) is 42.4 Å². The predicted molar refractivity (Wildman–Crippen MR) is 87.6 cm³/mol. The topological polar surface area (TPSA) is 48.4 Å². The van der Waals surface area contributed by atoms with E-state index in [1.54, 1.807) is 0 Å². The first-order valence-electron chi connectivity index (χ1n) is 8.11. The Kier molecular flexibility index (Phi) is 6.00. The molecule has 0 amide bonds. The Hall–Kier alpha value is -1.13. The molecule has 1 saturated heterocycles. The molecular formula is C17H29N3O. The Labute approximate surface area is 128 Å². The first-order chi connectivity index (χ1) is 10.1. The molecule has 1 aromatic heterocycles. The summed E-state index contributed by atoms with van der Waals surface area (Å²) < 4.78 is 0. The zero-order valence-electron chi connectivity index (χ0n) is 13.4. The zero-order chi connectivity index (χ0) is 15.1. The molecule has 1 fully saturated rings. The SMILES string of the molecule is CC(C)(CO)CCCNC1CCN(c2ccccn2)CC1. The smallest absolute Gasteiger partial charge is 0.128 e. The van der Waals surface area contributed by atoms with Crippen LogP contribution in [0.1, 0.15) is 39.5 Å². The first kappa shape index (κ1) is 16.2. The second-order valence-electron chi connectivity index (χ2n) is 6.83. The van der Waals surface area contributed by atoms with Crippen molar-refractivity contribution in [2.45, 2.75) is 45.6 Å². The van der Waals surface area contributed by atoms with Crippen LogP contribution >= 0.6 is 0 Å². The van der Waals surface area contributed by atoms with E-state index in [-0.39, 0.29) is 12.0 Å². The summed E-state index contributed by atoms with van der Waals surface area (Å²) in [4.78, 5) is 6.79. The van der Waals surface area contributed by atoms with E-state index in [2.05, 4.69) is 41.2 Å². The van der Waals surface area contributed by atoms with Crippen LogP contribution in [0.4, 0.5) is 5.82 Å². The van der Waals surface area contributed by atoms with Gasteiger partial charge in [-0.1, -0.05) is 19.9 Å². The molecule has 1 aliphatic rings. The third-order valence-electron chi connectivity index (χ3n) is 4.36. The number of nitrogens with one attached hydrogen (secondary N) is 1. The average molecular weight is 291 g/mol. The van der Waals surface area contributed by atoms with Crippen LogP contribution in [0.3, 0.4) is 0 Å². The van der Waals surface area contributed by atoms with Crippen LogP contribution in [0.25, 0.3) is 0 Å². The number of pyridine rings is 1. The molecular weight excluding hydrogens is 262 g/mol. The van der Waals surface area contributed by atoms with E-state index in [4.69, 9.17) is 0 Å². The molecule has 21 heavy (non-hydrogen) atoms. The Morgan fingerprint density at radius 3 is 2.71 bits per heavy atom. The van der Waals surface area contributed by atoms with Crippen molar-refractivity contribution in [3.8, 4) is 0 Å². The van der Waals surface area contributed by atoms with E-state index in [0.717, 1.165) is 38.3 Å². The molecule has 0 radical (unpaired) electrons. The van der Waals surface area contributed by atoms with Crippen LogP contribution in [0.2, 0.25) is 0 Å². The Morgan fingerprint density at radius 1 is 1.33 bits per heavy atom. The van der Waals surface area contributed by atoms with Crippen molar-refractivity contribution < 1.29 is 5.11 Å². The van der Waals surface area contributed by atoms with E-state index < -0.39 is 0 Å². The van der Waals surface area contributed by atoms with Crippen molar-refractivity contribution in [1.29, 1.82) is 0 Å². The Bertz CT molecular complexity index is 400. The predicted octanol–water partition coefficient (Wildman–Crippen LogP) is 2.44. The molecule has 0 aliphatic carbocycles. The lowest BCUT2D eigenvalue weighted by molar-refractivity contribution is 0.147. The Morgan fingerprint density at radius 2 is 2.10 bits per heavy atom. The largest absolute Gasteiger partial charge is 0.396 e. The molecule has 4 heteroatoms. The fourth-order valence-corrected chi connectivity index (χ4v) is 2.81. The summed E-state index contributed by atoms with van der Waals surface area (Å²) in [5, 5.41) is 12.9. The van der Waals surface area contributed by atoms with Gasteiger partial charge in [0.05, 0.1) is 0 Å². The summed E-state index contributed by atoms with van der Waals surface area (Å²) in [5.41, 5.74) is 0.0595. The van der Waals surface area contributed by atoms with Crippen molar-refractivity contribution >= 4 is 5.82 Å². The van der Waals surface area contributed by atoms with Crippen molar-refractivity contribution in [2.24, 2.45) is 5.41 Å². The summed E-state index contributed by atoms with van der Waals surface area (Å²) in [6.07, 6.45) is 6.43. The lowest BCUT2D eigenvalue weighted by Crippen LogP contribution is -2.43. The van der Waals surface area contributed by atoms with Gasteiger partial charge in [0, 0.05) is 31.9 Å². The maximum absolute atomic E-state index is 9.25. The number of nitrogens with zero attached hydrogens (tertiary/aromatic N) is 2. The molecule has 0 atom stereocenters. The maximum Gasteiger partial charge on any atom is 0.128 e. The molecule has 118 valence electrons. The van der Waals surface area contributed by atoms with Gasteiger partial charge < -0.3 is 15.3 Å². The van der Waals surface area contributed by atoms with Gasteiger partial charge in [-0.2, -0.15) is 0 Å². The third-order valence-corrected chi connectivity index (χ3v) is 4.36. The van der Waals surface area contributed by atoms with Crippen LogP contribution in [0, 0.1) is 5.41 Å². The molecule has 1 aliphatic heterocycles. The van der Waals surface area contributed by atoms with Crippen molar-refractivity contribution in [2.75, 3.05) is 31.1 Å². The third kappa shape index (κ3) is 5.29. The molecule has 0 unspecified atom stereocenters. The van der Waals surface area contributed by atoms with Crippen molar-refractivity contribution in [3.05, 3.63) is 24.4 Å². The van der Waals surface area contributed by atoms with Crippen LogP contribution < -0.4 is 10.2 Å². The molecule has 4 nitrogen and oxygen atoms in total. The Balaban J connectivity index is 1.63. The fraction of sp³-hybridized carbons (Fsp3) is 0.706. The van der Waals surface area contributed by atoms with Gasteiger partial charge in [-0.3, -0.25) is 0 Å². The van der Waals surface area contributed by atoms with Gasteiger partial charge in [-0.15, -0.1) is 0 Å². The maximum atomic E-state index is 9.25. The minimum atomic E-state index is 0.0595. The van der Waals surface area contributed by atoms with Gasteiger partial charge in [-0.05, 0) is 49.8 Å². The van der Waals surface area contributed by atoms with Gasteiger partial charge in [0.1, 0.15) is 5.82 Å². The van der Waals surface area contributed by atoms with E-state index in [1.165, 1.54) is 12.8 Å². The van der Waals surface area contributed by atoms with E-state index in [9.17, 15) is 5.11 Å². The summed E-state index contributed by atoms with van der Waals surface area (Å²) >= 11 is 0. The summed E-state index contributed by atoms with van der Waals surface area (Å²) in [6, 6.07) is 6.73. The monoisotopic (exact) mass is 291 g/mol. The number of anilines is 1. The molecule has 2 heterocycles.